The summed E-state index contributed by atoms with van der Waals surface area (Å²) in [6.07, 6.45) is 1.65. The number of hydrogen-bond donors (Lipinski definition) is 1. The van der Waals surface area contributed by atoms with Crippen LogP contribution in [0, 0.1) is 5.82 Å². The van der Waals surface area contributed by atoms with Crippen molar-refractivity contribution in [3.63, 3.8) is 0 Å². The lowest BCUT2D eigenvalue weighted by Crippen LogP contribution is -2.18. The molecule has 24 heavy (non-hydrogen) atoms. The van der Waals surface area contributed by atoms with Gasteiger partial charge in [0.1, 0.15) is 5.82 Å². The Bertz CT molecular complexity index is 852. The van der Waals surface area contributed by atoms with E-state index in [-0.39, 0.29) is 5.56 Å². The van der Waals surface area contributed by atoms with Crippen LogP contribution in [0.1, 0.15) is 10.4 Å². The first kappa shape index (κ1) is 15.7. The zero-order chi connectivity index (χ0) is 16.9. The predicted octanol–water partition coefficient (Wildman–Crippen LogP) is 4.24. The molecule has 0 fully saturated rings. The lowest BCUT2D eigenvalue weighted by atomic mass is 10.2. The van der Waals surface area contributed by atoms with E-state index in [9.17, 15) is 9.18 Å². The van der Waals surface area contributed by atoms with Gasteiger partial charge in [-0.3, -0.25) is 4.79 Å². The van der Waals surface area contributed by atoms with Gasteiger partial charge in [-0.2, -0.15) is 0 Å². The number of nitrogens with zero attached hydrogens (tertiary/aromatic N) is 2. The van der Waals surface area contributed by atoms with Gasteiger partial charge in [0.05, 0.1) is 11.3 Å². The molecular weight excluding hydrogens is 305 g/mol. The van der Waals surface area contributed by atoms with E-state index in [1.165, 1.54) is 12.1 Å². The molecule has 0 bridgehead atoms. The first-order valence-electron chi connectivity index (χ1n) is 7.46. The molecule has 0 saturated heterocycles. The van der Waals surface area contributed by atoms with E-state index in [4.69, 9.17) is 0 Å². The summed E-state index contributed by atoms with van der Waals surface area (Å²) in [6, 6.07) is 19.0. The van der Waals surface area contributed by atoms with Crippen molar-refractivity contribution in [3.8, 4) is 0 Å². The number of carbonyl (C=O) groups is 1. The normalized spacial score (nSPS) is 10.2. The maximum atomic E-state index is 13.8. The third-order valence-corrected chi connectivity index (χ3v) is 3.61. The quantitative estimate of drug-likeness (QED) is 0.782. The summed E-state index contributed by atoms with van der Waals surface area (Å²) in [5.74, 6) is -0.492. The Hall–Kier alpha value is -3.21. The first-order chi connectivity index (χ1) is 11.7. The number of carbonyl (C=O) groups excluding carboxylic acids is 1. The minimum absolute atomic E-state index is 0.00494. The van der Waals surface area contributed by atoms with Gasteiger partial charge in [-0.25, -0.2) is 9.37 Å². The molecule has 1 aromatic heterocycles. The van der Waals surface area contributed by atoms with Crippen molar-refractivity contribution in [2.45, 2.75) is 0 Å². The highest BCUT2D eigenvalue weighted by molar-refractivity contribution is 6.06. The first-order valence-corrected chi connectivity index (χ1v) is 7.46. The summed E-state index contributed by atoms with van der Waals surface area (Å²) < 4.78 is 13.8. The molecule has 0 saturated carbocycles. The van der Waals surface area contributed by atoms with Crippen LogP contribution in [0.5, 0.6) is 0 Å². The van der Waals surface area contributed by atoms with E-state index < -0.39 is 11.7 Å². The molecule has 0 spiro atoms. The Kier molecular flexibility index (Phi) is 4.52. The van der Waals surface area contributed by atoms with Crippen LogP contribution < -0.4 is 10.2 Å². The number of nitrogens with one attached hydrogen (secondary N) is 1. The van der Waals surface area contributed by atoms with E-state index in [0.29, 0.717) is 11.5 Å². The van der Waals surface area contributed by atoms with Gasteiger partial charge in [0.2, 0.25) is 0 Å². The van der Waals surface area contributed by atoms with Crippen LogP contribution in [0.25, 0.3) is 0 Å². The van der Waals surface area contributed by atoms with Crippen molar-refractivity contribution in [2.75, 3.05) is 17.3 Å². The Morgan fingerprint density at radius 1 is 1.00 bits per heavy atom. The molecule has 5 heteroatoms. The van der Waals surface area contributed by atoms with Crippen molar-refractivity contribution >= 4 is 23.1 Å². The monoisotopic (exact) mass is 321 g/mol. The van der Waals surface area contributed by atoms with Gasteiger partial charge < -0.3 is 10.2 Å². The fourth-order valence-electron chi connectivity index (χ4n) is 2.37. The second-order valence-corrected chi connectivity index (χ2v) is 5.20. The number of pyridine rings is 1. The molecule has 0 atom stereocenters. The average molecular weight is 321 g/mol. The zero-order valence-corrected chi connectivity index (χ0v) is 13.1. The van der Waals surface area contributed by atoms with Crippen molar-refractivity contribution in [1.29, 1.82) is 0 Å². The fourth-order valence-corrected chi connectivity index (χ4v) is 2.37. The maximum Gasteiger partial charge on any atom is 0.258 e. The maximum absolute atomic E-state index is 13.8. The number of anilines is 3. The number of aromatic nitrogens is 1. The Labute approximate surface area is 139 Å². The molecule has 2 aromatic carbocycles. The lowest BCUT2D eigenvalue weighted by molar-refractivity contribution is 0.102. The van der Waals surface area contributed by atoms with E-state index in [2.05, 4.69) is 10.3 Å². The Morgan fingerprint density at radius 2 is 1.71 bits per heavy atom. The minimum atomic E-state index is -0.558. The summed E-state index contributed by atoms with van der Waals surface area (Å²) in [7, 11) is 1.86. The van der Waals surface area contributed by atoms with Crippen LogP contribution in [0.3, 0.4) is 0 Å². The van der Waals surface area contributed by atoms with E-state index >= 15 is 0 Å². The van der Waals surface area contributed by atoms with Crippen molar-refractivity contribution in [2.24, 2.45) is 0 Å². The Balaban J connectivity index is 1.90. The smallest absolute Gasteiger partial charge is 0.258 e. The summed E-state index contributed by atoms with van der Waals surface area (Å²) in [5.41, 5.74) is 1.43. The lowest BCUT2D eigenvalue weighted by Gasteiger charge is -2.21. The van der Waals surface area contributed by atoms with Gasteiger partial charge in [0, 0.05) is 18.9 Å². The van der Waals surface area contributed by atoms with Crippen LogP contribution in [0.4, 0.5) is 21.6 Å². The molecule has 0 aliphatic heterocycles. The summed E-state index contributed by atoms with van der Waals surface area (Å²) >= 11 is 0. The molecule has 0 aliphatic carbocycles. The van der Waals surface area contributed by atoms with Crippen LogP contribution in [-0.2, 0) is 0 Å². The molecule has 4 nitrogen and oxygen atoms in total. The largest absolute Gasteiger partial charge is 0.328 e. The molecule has 0 radical (unpaired) electrons. The molecular formula is C19H16FN3O. The van der Waals surface area contributed by atoms with E-state index in [1.807, 2.05) is 42.3 Å². The zero-order valence-electron chi connectivity index (χ0n) is 13.1. The number of amides is 1. The van der Waals surface area contributed by atoms with Gasteiger partial charge >= 0.3 is 0 Å². The third kappa shape index (κ3) is 3.25. The van der Waals surface area contributed by atoms with Crippen LogP contribution >= 0.6 is 0 Å². The number of benzene rings is 2. The molecule has 1 heterocycles. The van der Waals surface area contributed by atoms with Gasteiger partial charge in [0.25, 0.3) is 5.91 Å². The van der Waals surface area contributed by atoms with Gasteiger partial charge in [-0.15, -0.1) is 0 Å². The highest BCUT2D eigenvalue weighted by atomic mass is 19.1. The van der Waals surface area contributed by atoms with Crippen molar-refractivity contribution in [3.05, 3.63) is 84.3 Å². The van der Waals surface area contributed by atoms with Crippen molar-refractivity contribution < 1.29 is 9.18 Å². The summed E-state index contributed by atoms with van der Waals surface area (Å²) in [4.78, 5) is 18.5. The van der Waals surface area contributed by atoms with Gasteiger partial charge in [-0.1, -0.05) is 30.3 Å². The predicted molar refractivity (Wildman–Crippen MR) is 93.1 cm³/mol. The summed E-state index contributed by atoms with van der Waals surface area (Å²) in [5, 5.41) is 2.74. The molecule has 1 N–H and O–H groups in total. The van der Waals surface area contributed by atoms with E-state index in [0.717, 1.165) is 5.69 Å². The molecule has 120 valence electrons. The number of para-hydroxylation sites is 1. The standard InChI is InChI=1S/C19H16FN3O/c1-23(14-8-3-2-4-9-14)18-17(12-7-13-21-18)22-19(24)15-10-5-6-11-16(15)20/h2-13H,1H3,(H,22,24). The van der Waals surface area contributed by atoms with Crippen LogP contribution in [0.2, 0.25) is 0 Å². The topological polar surface area (TPSA) is 45.2 Å². The molecule has 1 amide bonds. The fraction of sp³-hybridized carbons (Fsp3) is 0.0526. The van der Waals surface area contributed by atoms with Crippen molar-refractivity contribution in [1.82, 2.24) is 4.98 Å². The highest BCUT2D eigenvalue weighted by Crippen LogP contribution is 2.28. The molecule has 0 unspecified atom stereocenters. The molecule has 0 aliphatic rings. The van der Waals surface area contributed by atoms with Crippen LogP contribution in [-0.4, -0.2) is 17.9 Å². The second kappa shape index (κ2) is 6.91. The van der Waals surface area contributed by atoms with E-state index in [1.54, 1.807) is 30.5 Å². The SMILES string of the molecule is CN(c1ccccc1)c1ncccc1NC(=O)c1ccccc1F. The molecule has 3 rings (SSSR count). The second-order valence-electron chi connectivity index (χ2n) is 5.20. The molecule has 3 aromatic rings. The average Bonchev–Trinajstić information content (AvgIpc) is 2.62. The highest BCUT2D eigenvalue weighted by Gasteiger charge is 2.15. The van der Waals surface area contributed by atoms with Gasteiger partial charge in [-0.05, 0) is 36.4 Å². The van der Waals surface area contributed by atoms with Gasteiger partial charge in [0.15, 0.2) is 5.82 Å². The summed E-state index contributed by atoms with van der Waals surface area (Å²) in [6.45, 7) is 0. The van der Waals surface area contributed by atoms with Crippen LogP contribution in [0.15, 0.2) is 72.9 Å². The Morgan fingerprint density at radius 3 is 2.46 bits per heavy atom. The third-order valence-electron chi connectivity index (χ3n) is 3.61. The minimum Gasteiger partial charge on any atom is -0.328 e. The number of hydrogen-bond acceptors (Lipinski definition) is 3. The number of rotatable bonds is 4. The number of halogens is 1.